The molecule has 0 saturated carbocycles. The molecule has 0 spiro atoms. The molecule has 3 amide bonds. The third-order valence-electron chi connectivity index (χ3n) is 6.64. The molecule has 242 valence electrons. The summed E-state index contributed by atoms with van der Waals surface area (Å²) in [6.45, 7) is 3.31. The number of methoxy groups -OCH3 is 2. The van der Waals surface area contributed by atoms with E-state index in [2.05, 4.69) is 43.8 Å². The predicted molar refractivity (Wildman–Crippen MR) is 179 cm³/mol. The topological polar surface area (TPSA) is 146 Å². The number of ether oxygens (including phenoxy) is 5. The Morgan fingerprint density at radius 1 is 1.04 bits per heavy atom. The number of nitrogens with zero attached hydrogens (tertiary/aromatic N) is 1. The van der Waals surface area contributed by atoms with Gasteiger partial charge in [-0.1, -0.05) is 35.9 Å². The van der Waals surface area contributed by atoms with E-state index in [4.69, 9.17) is 35.3 Å². The van der Waals surface area contributed by atoms with Gasteiger partial charge in [0.25, 0.3) is 5.91 Å². The molecule has 1 atom stereocenters. The molecule has 14 heteroatoms. The first kappa shape index (κ1) is 34.4. The third kappa shape index (κ3) is 8.60. The molecule has 0 aromatic heterocycles. The first-order chi connectivity index (χ1) is 22.1. The number of carbonyl (C=O) groups is 3. The highest BCUT2D eigenvalue weighted by molar-refractivity contribution is 14.1. The minimum Gasteiger partial charge on any atom is -0.493 e. The number of hydrogen-bond acceptors (Lipinski definition) is 9. The van der Waals surface area contributed by atoms with Crippen LogP contribution in [0.4, 0.5) is 4.79 Å². The minimum atomic E-state index is -0.786. The van der Waals surface area contributed by atoms with E-state index in [1.165, 1.54) is 20.4 Å². The number of hydrazone groups is 1. The van der Waals surface area contributed by atoms with Gasteiger partial charge in [0, 0.05) is 25.4 Å². The van der Waals surface area contributed by atoms with Gasteiger partial charge in [-0.05, 0) is 72.3 Å². The molecule has 1 aliphatic heterocycles. The number of allylic oxidation sites excluding steroid dienone is 1. The van der Waals surface area contributed by atoms with Crippen LogP contribution < -0.4 is 35.0 Å². The predicted octanol–water partition coefficient (Wildman–Crippen LogP) is 5.26. The van der Waals surface area contributed by atoms with Crippen LogP contribution in [0, 0.1) is 3.57 Å². The van der Waals surface area contributed by atoms with Gasteiger partial charge >= 0.3 is 12.0 Å². The Bertz CT molecular complexity index is 1680. The molecule has 0 radical (unpaired) electrons. The van der Waals surface area contributed by atoms with Crippen molar-refractivity contribution in [1.29, 1.82) is 0 Å². The lowest BCUT2D eigenvalue weighted by Gasteiger charge is -2.28. The molecule has 3 aromatic rings. The van der Waals surface area contributed by atoms with Gasteiger partial charge in [-0.15, -0.1) is 0 Å². The van der Waals surface area contributed by atoms with Gasteiger partial charge in [-0.3, -0.25) is 4.79 Å². The molecule has 12 nitrogen and oxygen atoms in total. The lowest BCUT2D eigenvalue weighted by atomic mass is 9.95. The lowest BCUT2D eigenvalue weighted by molar-refractivity contribution is -0.139. The second-order valence-corrected chi connectivity index (χ2v) is 11.3. The first-order valence-electron chi connectivity index (χ1n) is 14.0. The standard InChI is InChI=1S/C32H32ClIN4O8/c1-5-44-31(40)28-18(2)36-32(41)37-29(28)19-10-11-24(25(13-19)42-3)45-17-27(39)38-35-15-21-12-22(34)14-26(43-4)30(21)46-16-20-8-6-7-9-23(20)33/h6-15,29H,5,16-17H2,1-4H3,(H,38,39)(H2,36,37,41)/b35-15+/t29-/m1/s1. The summed E-state index contributed by atoms with van der Waals surface area (Å²) >= 11 is 8.43. The second kappa shape index (κ2) is 16.2. The van der Waals surface area contributed by atoms with Gasteiger partial charge in [-0.25, -0.2) is 15.0 Å². The smallest absolute Gasteiger partial charge is 0.338 e. The number of rotatable bonds is 13. The van der Waals surface area contributed by atoms with E-state index in [1.54, 1.807) is 38.1 Å². The highest BCUT2D eigenvalue weighted by atomic mass is 127. The van der Waals surface area contributed by atoms with Gasteiger partial charge in [0.05, 0.1) is 38.7 Å². The van der Waals surface area contributed by atoms with E-state index in [0.717, 1.165) is 9.13 Å². The largest absolute Gasteiger partial charge is 0.493 e. The number of amides is 3. The minimum absolute atomic E-state index is 0.176. The Morgan fingerprint density at radius 3 is 2.52 bits per heavy atom. The van der Waals surface area contributed by atoms with Crippen molar-refractivity contribution in [3.05, 3.63) is 91.2 Å². The Kier molecular flexibility index (Phi) is 12.1. The molecule has 1 aliphatic rings. The van der Waals surface area contributed by atoms with Crippen molar-refractivity contribution in [1.82, 2.24) is 16.1 Å². The number of carbonyl (C=O) groups excluding carboxylic acids is 3. The number of halogens is 2. The molecule has 3 aromatic carbocycles. The average molecular weight is 763 g/mol. The SMILES string of the molecule is CCOC(=O)C1=C(C)NC(=O)N[C@@H]1c1ccc(OCC(=O)N/N=C/c2cc(I)cc(OC)c2OCc2ccccc2Cl)c(OC)c1. The molecule has 0 aliphatic carbocycles. The first-order valence-corrected chi connectivity index (χ1v) is 15.4. The van der Waals surface area contributed by atoms with E-state index in [0.29, 0.717) is 33.3 Å². The maximum Gasteiger partial charge on any atom is 0.338 e. The van der Waals surface area contributed by atoms with Crippen LogP contribution in [0.25, 0.3) is 0 Å². The Morgan fingerprint density at radius 2 is 1.80 bits per heavy atom. The summed E-state index contributed by atoms with van der Waals surface area (Å²) in [7, 11) is 2.97. The van der Waals surface area contributed by atoms with Crippen LogP contribution in [0.15, 0.2) is 71.0 Å². The van der Waals surface area contributed by atoms with Gasteiger partial charge in [0.2, 0.25) is 0 Å². The fourth-order valence-corrected chi connectivity index (χ4v) is 5.32. The second-order valence-electron chi connectivity index (χ2n) is 9.69. The zero-order chi connectivity index (χ0) is 33.2. The third-order valence-corrected chi connectivity index (χ3v) is 7.63. The fourth-order valence-electron chi connectivity index (χ4n) is 4.51. The maximum absolute atomic E-state index is 12.6. The number of esters is 1. The summed E-state index contributed by atoms with van der Waals surface area (Å²) in [6.07, 6.45) is 1.45. The number of nitrogens with one attached hydrogen (secondary N) is 3. The van der Waals surface area contributed by atoms with Crippen LogP contribution in [0.1, 0.15) is 36.6 Å². The molecule has 0 fully saturated rings. The maximum atomic E-state index is 12.6. The molecular weight excluding hydrogens is 731 g/mol. The van der Waals surface area contributed by atoms with Crippen LogP contribution in [-0.2, 0) is 20.9 Å². The highest BCUT2D eigenvalue weighted by Crippen LogP contribution is 2.35. The van der Waals surface area contributed by atoms with Crippen molar-refractivity contribution < 1.29 is 38.1 Å². The van der Waals surface area contributed by atoms with Crippen molar-refractivity contribution >= 4 is 58.3 Å². The summed E-state index contributed by atoms with van der Waals surface area (Å²) < 4.78 is 28.8. The Balaban J connectivity index is 1.43. The summed E-state index contributed by atoms with van der Waals surface area (Å²) in [6, 6.07) is 14.6. The van der Waals surface area contributed by atoms with Crippen molar-refractivity contribution in [3.63, 3.8) is 0 Å². The summed E-state index contributed by atoms with van der Waals surface area (Å²) in [5.41, 5.74) is 5.01. The van der Waals surface area contributed by atoms with Crippen LogP contribution in [0.2, 0.25) is 5.02 Å². The molecule has 46 heavy (non-hydrogen) atoms. The summed E-state index contributed by atoms with van der Waals surface area (Å²) in [5.74, 6) is 0.386. The van der Waals surface area contributed by atoms with E-state index in [1.807, 2.05) is 30.3 Å². The monoisotopic (exact) mass is 762 g/mol. The van der Waals surface area contributed by atoms with Crippen LogP contribution in [0.3, 0.4) is 0 Å². The van der Waals surface area contributed by atoms with Crippen molar-refractivity contribution in [2.24, 2.45) is 5.10 Å². The van der Waals surface area contributed by atoms with E-state index in [9.17, 15) is 14.4 Å². The van der Waals surface area contributed by atoms with Crippen LogP contribution in [0.5, 0.6) is 23.0 Å². The van der Waals surface area contributed by atoms with E-state index in [-0.39, 0.29) is 36.9 Å². The molecule has 0 bridgehead atoms. The number of hydrogen-bond donors (Lipinski definition) is 3. The molecular formula is C32H32ClIN4O8. The number of benzene rings is 3. The van der Waals surface area contributed by atoms with E-state index >= 15 is 0 Å². The zero-order valence-electron chi connectivity index (χ0n) is 25.4. The molecule has 1 heterocycles. The Hall–Kier alpha value is -4.50. The summed E-state index contributed by atoms with van der Waals surface area (Å²) in [5, 5.41) is 9.98. The molecule has 0 unspecified atom stereocenters. The van der Waals surface area contributed by atoms with Crippen LogP contribution in [-0.4, -0.2) is 51.6 Å². The quantitative estimate of drug-likeness (QED) is 0.0926. The normalized spacial score (nSPS) is 14.3. The van der Waals surface area contributed by atoms with Gasteiger partial charge < -0.3 is 34.3 Å². The van der Waals surface area contributed by atoms with Gasteiger partial charge in [0.15, 0.2) is 29.6 Å². The number of urea groups is 1. The van der Waals surface area contributed by atoms with E-state index < -0.39 is 23.9 Å². The van der Waals surface area contributed by atoms with Crippen molar-refractivity contribution in [3.8, 4) is 23.0 Å². The molecule has 3 N–H and O–H groups in total. The van der Waals surface area contributed by atoms with Gasteiger partial charge in [0.1, 0.15) is 6.61 Å². The lowest BCUT2D eigenvalue weighted by Crippen LogP contribution is -2.45. The zero-order valence-corrected chi connectivity index (χ0v) is 28.4. The Labute approximate surface area is 284 Å². The summed E-state index contributed by atoms with van der Waals surface area (Å²) in [4.78, 5) is 37.5. The van der Waals surface area contributed by atoms with Crippen LogP contribution >= 0.6 is 34.2 Å². The van der Waals surface area contributed by atoms with Crippen molar-refractivity contribution in [2.75, 3.05) is 27.4 Å². The highest BCUT2D eigenvalue weighted by Gasteiger charge is 2.32. The van der Waals surface area contributed by atoms with Gasteiger partial charge in [-0.2, -0.15) is 5.10 Å². The average Bonchev–Trinajstić information content (AvgIpc) is 3.03. The molecule has 0 saturated heterocycles. The fraction of sp³-hybridized carbons (Fsp3) is 0.250. The van der Waals surface area contributed by atoms with Crippen molar-refractivity contribution in [2.45, 2.75) is 26.5 Å². The molecule has 4 rings (SSSR count).